The van der Waals surface area contributed by atoms with Gasteiger partial charge in [0.1, 0.15) is 0 Å². The average molecular weight is 503 g/mol. The van der Waals surface area contributed by atoms with Crippen LogP contribution in [-0.2, 0) is 40.5 Å². The summed E-state index contributed by atoms with van der Waals surface area (Å²) in [5.41, 5.74) is -2.09. The first kappa shape index (κ1) is 24.4. The van der Waals surface area contributed by atoms with Crippen molar-refractivity contribution in [2.45, 2.75) is 33.4 Å². The van der Waals surface area contributed by atoms with E-state index in [0.717, 1.165) is 13.8 Å². The lowest BCUT2D eigenvalue weighted by Gasteiger charge is -2.14. The average Bonchev–Trinajstić information content (AvgIpc) is 2.50. The maximum Gasteiger partial charge on any atom is 0.294 e. The molecule has 0 spiro atoms. The van der Waals surface area contributed by atoms with Crippen molar-refractivity contribution >= 4 is 40.5 Å². The molecule has 0 atom stereocenters. The largest absolute Gasteiger partial charge is 0.294 e. The second-order valence-electron chi connectivity index (χ2n) is 6.10. The molecule has 2 rings (SSSR count). The third-order valence-corrected chi connectivity index (χ3v) is 7.99. The van der Waals surface area contributed by atoms with Crippen LogP contribution >= 0.6 is 0 Å². The highest BCUT2D eigenvalue weighted by Crippen LogP contribution is 2.34. The molecule has 4 N–H and O–H groups in total. The van der Waals surface area contributed by atoms with Gasteiger partial charge in [-0.05, 0) is 60.4 Å². The van der Waals surface area contributed by atoms with Crippen molar-refractivity contribution in [3.63, 3.8) is 0 Å². The molecule has 0 fully saturated rings. The Morgan fingerprint density at radius 1 is 0.467 bits per heavy atom. The summed E-state index contributed by atoms with van der Waals surface area (Å²) in [4.78, 5) is -3.91. The Morgan fingerprint density at radius 3 is 0.767 bits per heavy atom. The van der Waals surface area contributed by atoms with Crippen LogP contribution in [0.1, 0.15) is 11.1 Å². The van der Waals surface area contributed by atoms with Crippen molar-refractivity contribution in [2.75, 3.05) is 0 Å². The summed E-state index contributed by atoms with van der Waals surface area (Å²) in [5.74, 6) is 0. The van der Waals surface area contributed by atoms with Gasteiger partial charge in [0.05, 0.1) is 19.6 Å². The van der Waals surface area contributed by atoms with Crippen molar-refractivity contribution in [2.24, 2.45) is 0 Å². The van der Waals surface area contributed by atoms with E-state index in [2.05, 4.69) is 0 Å². The molecule has 0 heterocycles. The molecular formula is C14H14O12S4. The van der Waals surface area contributed by atoms with Crippen LogP contribution in [0.5, 0.6) is 0 Å². The highest BCUT2D eigenvalue weighted by molar-refractivity contribution is 7.87. The normalized spacial score (nSPS) is 13.4. The van der Waals surface area contributed by atoms with Gasteiger partial charge in [-0.3, -0.25) is 18.2 Å². The molecule has 12 nitrogen and oxygen atoms in total. The van der Waals surface area contributed by atoms with E-state index in [1.54, 1.807) is 0 Å². The smallest absolute Gasteiger partial charge is 0.282 e. The molecule has 16 heteroatoms. The van der Waals surface area contributed by atoms with E-state index in [1.165, 1.54) is 0 Å². The van der Waals surface area contributed by atoms with Gasteiger partial charge in [0.2, 0.25) is 0 Å². The molecule has 0 aliphatic rings. The number of benzene rings is 2. The van der Waals surface area contributed by atoms with Crippen LogP contribution in [0.2, 0.25) is 0 Å². The molecule has 0 bridgehead atoms. The lowest BCUT2D eigenvalue weighted by atomic mass is 10.0. The number of hydrogen-bond donors (Lipinski definition) is 4. The minimum Gasteiger partial charge on any atom is -0.282 e. The molecule has 0 saturated heterocycles. The lowest BCUT2D eigenvalue weighted by Crippen LogP contribution is -2.10. The summed E-state index contributed by atoms with van der Waals surface area (Å²) in [6, 6.07) is 2.74. The molecule has 166 valence electrons. The van der Waals surface area contributed by atoms with Gasteiger partial charge in [-0.25, -0.2) is 0 Å². The Morgan fingerprint density at radius 2 is 0.633 bits per heavy atom. The Balaban J connectivity index is 3.12. The molecule has 30 heavy (non-hydrogen) atoms. The molecule has 0 radical (unpaired) electrons. The second-order valence-corrected chi connectivity index (χ2v) is 11.7. The molecule has 0 unspecified atom stereocenters. The van der Waals surface area contributed by atoms with Crippen molar-refractivity contribution < 1.29 is 51.9 Å². The first-order chi connectivity index (χ1) is 13.2. The fraction of sp³-hybridized carbons (Fsp3) is 0.143. The first-order valence-electron chi connectivity index (χ1n) is 7.44. The van der Waals surface area contributed by atoms with Crippen LogP contribution < -0.4 is 0 Å². The first-order valence-corrected chi connectivity index (χ1v) is 13.2. The van der Waals surface area contributed by atoms with Gasteiger partial charge < -0.3 is 0 Å². The summed E-state index contributed by atoms with van der Waals surface area (Å²) in [5, 5.41) is 0. The highest BCUT2D eigenvalue weighted by atomic mass is 32.2. The molecule has 0 saturated carbocycles. The molecule has 0 aliphatic heterocycles. The predicted molar refractivity (Wildman–Crippen MR) is 101 cm³/mol. The lowest BCUT2D eigenvalue weighted by molar-refractivity contribution is 0.475. The van der Waals surface area contributed by atoms with Crippen LogP contribution in [0, 0.1) is 13.8 Å². The minimum atomic E-state index is -5.04. The van der Waals surface area contributed by atoms with Gasteiger partial charge in [-0.1, -0.05) is 0 Å². The summed E-state index contributed by atoms with van der Waals surface area (Å²) in [6.07, 6.45) is 0. The van der Waals surface area contributed by atoms with Gasteiger partial charge in [0.25, 0.3) is 40.5 Å². The standard InChI is InChI=1S/C14H14O12S4/c1-7-11(27(15,16)17)3-9(4-12(7)28(18,19)20)10-5-13(29(21,22)23)8(2)14(6-10)30(24,25)26/h3-6H,1-2H3,(H,15,16,17)(H,18,19,20)(H,21,22,23)(H,24,25,26). The van der Waals surface area contributed by atoms with Crippen molar-refractivity contribution in [3.8, 4) is 11.1 Å². The van der Waals surface area contributed by atoms with E-state index in [1.807, 2.05) is 0 Å². The van der Waals surface area contributed by atoms with Gasteiger partial charge >= 0.3 is 0 Å². The van der Waals surface area contributed by atoms with Crippen LogP contribution in [0.15, 0.2) is 43.8 Å². The third kappa shape index (κ3) is 4.86. The van der Waals surface area contributed by atoms with Crippen LogP contribution in [0.25, 0.3) is 11.1 Å². The van der Waals surface area contributed by atoms with E-state index in [9.17, 15) is 51.9 Å². The number of rotatable bonds is 5. The van der Waals surface area contributed by atoms with Crippen LogP contribution in [0.4, 0.5) is 0 Å². The fourth-order valence-electron chi connectivity index (χ4n) is 2.73. The van der Waals surface area contributed by atoms with Gasteiger partial charge in [0, 0.05) is 0 Å². The topological polar surface area (TPSA) is 217 Å². The third-order valence-electron chi connectivity index (χ3n) is 4.07. The summed E-state index contributed by atoms with van der Waals surface area (Å²) >= 11 is 0. The number of hydrogen-bond acceptors (Lipinski definition) is 8. The van der Waals surface area contributed by atoms with E-state index in [-0.39, 0.29) is 0 Å². The Labute approximate surface area is 172 Å². The Hall–Kier alpha value is -1.92. The maximum absolute atomic E-state index is 11.6. The Bertz CT molecular complexity index is 1260. The van der Waals surface area contributed by atoms with Gasteiger partial charge in [-0.2, -0.15) is 33.7 Å². The van der Waals surface area contributed by atoms with Crippen LogP contribution in [0.3, 0.4) is 0 Å². The SMILES string of the molecule is Cc1c(S(=O)(=O)O)cc(-c2cc(S(=O)(=O)O)c(C)c(S(=O)(=O)O)c2)cc1S(=O)(=O)O. The van der Waals surface area contributed by atoms with E-state index < -0.39 is 82.3 Å². The zero-order valence-corrected chi connectivity index (χ0v) is 18.3. The van der Waals surface area contributed by atoms with E-state index >= 15 is 0 Å². The summed E-state index contributed by atoms with van der Waals surface area (Å²) in [7, 11) is -20.2. The van der Waals surface area contributed by atoms with E-state index in [4.69, 9.17) is 0 Å². The molecular weight excluding hydrogens is 488 g/mol. The molecule has 0 amide bonds. The quantitative estimate of drug-likeness (QED) is 0.420. The van der Waals surface area contributed by atoms with Gasteiger partial charge in [-0.15, -0.1) is 0 Å². The monoisotopic (exact) mass is 502 g/mol. The van der Waals surface area contributed by atoms with Gasteiger partial charge in [0.15, 0.2) is 0 Å². The molecule has 2 aromatic rings. The zero-order valence-electron chi connectivity index (χ0n) is 15.0. The van der Waals surface area contributed by atoms with Crippen LogP contribution in [-0.4, -0.2) is 51.9 Å². The summed E-state index contributed by atoms with van der Waals surface area (Å²) in [6.45, 7) is 1.91. The predicted octanol–water partition coefficient (Wildman–Crippen LogP) is 0.957. The zero-order chi connectivity index (χ0) is 23.4. The van der Waals surface area contributed by atoms with Crippen molar-refractivity contribution in [1.82, 2.24) is 0 Å². The Kier molecular flexibility index (Phi) is 5.96. The highest BCUT2D eigenvalue weighted by Gasteiger charge is 2.27. The van der Waals surface area contributed by atoms with E-state index in [0.29, 0.717) is 24.3 Å². The molecule has 0 aromatic heterocycles. The maximum atomic E-state index is 11.6. The fourth-order valence-corrected chi connectivity index (χ4v) is 5.95. The second kappa shape index (κ2) is 7.34. The van der Waals surface area contributed by atoms with Crippen molar-refractivity contribution in [1.29, 1.82) is 0 Å². The minimum absolute atomic E-state index is 0.476. The van der Waals surface area contributed by atoms with Crippen molar-refractivity contribution in [3.05, 3.63) is 35.4 Å². The molecule has 2 aromatic carbocycles. The molecule has 0 aliphatic carbocycles. The summed E-state index contributed by atoms with van der Waals surface area (Å²) < 4.78 is 131.